The molecule has 0 unspecified atom stereocenters. The second kappa shape index (κ2) is 7.17. The second-order valence-electron chi connectivity index (χ2n) is 5.74. The van der Waals surface area contributed by atoms with Gasteiger partial charge in [0.2, 0.25) is 5.91 Å². The minimum atomic E-state index is -0.165. The quantitative estimate of drug-likeness (QED) is 0.777. The monoisotopic (exact) mass is 337 g/mol. The minimum Gasteiger partial charge on any atom is -0.497 e. The predicted octanol–water partition coefficient (Wildman–Crippen LogP) is 2.74. The topological polar surface area (TPSA) is 73.2 Å². The Morgan fingerprint density at radius 1 is 1.20 bits per heavy atom. The number of hydrogen-bond acceptors (Lipinski definition) is 4. The van der Waals surface area contributed by atoms with Gasteiger partial charge in [0.05, 0.1) is 24.3 Å². The molecular weight excluding hydrogens is 318 g/mol. The normalized spacial score (nSPS) is 10.6. The average molecular weight is 337 g/mol. The number of methoxy groups -OCH3 is 1. The summed E-state index contributed by atoms with van der Waals surface area (Å²) in [6, 6.07) is 12.6. The van der Waals surface area contributed by atoms with E-state index in [9.17, 15) is 9.59 Å². The second-order valence-corrected chi connectivity index (χ2v) is 5.74. The van der Waals surface area contributed by atoms with Gasteiger partial charge in [-0.1, -0.05) is 12.1 Å². The fourth-order valence-electron chi connectivity index (χ4n) is 2.62. The summed E-state index contributed by atoms with van der Waals surface area (Å²) < 4.78 is 6.55. The Labute approximate surface area is 145 Å². The van der Waals surface area contributed by atoms with E-state index in [1.54, 1.807) is 37.4 Å². The number of anilines is 1. The number of ether oxygens (including phenoxy) is 1. The van der Waals surface area contributed by atoms with Crippen LogP contribution in [-0.2, 0) is 11.3 Å². The fraction of sp³-hybridized carbons (Fsp3) is 0.211. The molecule has 0 aliphatic heterocycles. The van der Waals surface area contributed by atoms with Gasteiger partial charge in [-0.3, -0.25) is 14.2 Å². The number of aryl methyl sites for hydroxylation is 2. The van der Waals surface area contributed by atoms with E-state index in [0.29, 0.717) is 16.6 Å². The van der Waals surface area contributed by atoms with Crippen molar-refractivity contribution in [3.05, 3.63) is 64.7 Å². The van der Waals surface area contributed by atoms with Crippen molar-refractivity contribution in [2.45, 2.75) is 19.9 Å². The molecule has 1 heterocycles. The van der Waals surface area contributed by atoms with Crippen LogP contribution in [0, 0.1) is 6.92 Å². The molecule has 0 saturated carbocycles. The summed E-state index contributed by atoms with van der Waals surface area (Å²) in [6.07, 6.45) is 1.68. The maximum atomic E-state index is 12.5. The molecule has 0 bridgehead atoms. The van der Waals surface area contributed by atoms with E-state index < -0.39 is 0 Å². The molecule has 0 fully saturated rings. The van der Waals surface area contributed by atoms with Crippen LogP contribution in [0.15, 0.2) is 53.6 Å². The molecule has 3 rings (SSSR count). The number of hydrogen-bond donors (Lipinski definition) is 1. The highest BCUT2D eigenvalue weighted by Crippen LogP contribution is 2.15. The summed E-state index contributed by atoms with van der Waals surface area (Å²) in [7, 11) is 1.59. The molecule has 6 heteroatoms. The molecule has 0 aliphatic rings. The zero-order valence-corrected chi connectivity index (χ0v) is 14.2. The molecule has 1 amide bonds. The van der Waals surface area contributed by atoms with Crippen molar-refractivity contribution < 1.29 is 9.53 Å². The third-order valence-electron chi connectivity index (χ3n) is 4.01. The van der Waals surface area contributed by atoms with Gasteiger partial charge in [-0.05, 0) is 42.8 Å². The summed E-state index contributed by atoms with van der Waals surface area (Å²) in [6.45, 7) is 2.19. The van der Waals surface area contributed by atoms with Gasteiger partial charge in [0.15, 0.2) is 0 Å². The SMILES string of the molecule is COc1ccc(NC(=O)CCn2cnc3c(C)cccc3c2=O)cc1. The molecule has 6 nitrogen and oxygen atoms in total. The Balaban J connectivity index is 1.68. The number of benzene rings is 2. The lowest BCUT2D eigenvalue weighted by Gasteiger charge is -2.09. The molecule has 0 spiro atoms. The van der Waals surface area contributed by atoms with Crippen molar-refractivity contribution in [3.8, 4) is 5.75 Å². The van der Waals surface area contributed by atoms with E-state index in [4.69, 9.17) is 4.74 Å². The van der Waals surface area contributed by atoms with Crippen molar-refractivity contribution in [1.82, 2.24) is 9.55 Å². The molecule has 0 aliphatic carbocycles. The zero-order chi connectivity index (χ0) is 17.8. The van der Waals surface area contributed by atoms with Crippen LogP contribution >= 0.6 is 0 Å². The van der Waals surface area contributed by atoms with Crippen LogP contribution in [-0.4, -0.2) is 22.6 Å². The van der Waals surface area contributed by atoms with Crippen molar-refractivity contribution in [1.29, 1.82) is 0 Å². The van der Waals surface area contributed by atoms with Crippen molar-refractivity contribution in [3.63, 3.8) is 0 Å². The standard InChI is InChI=1S/C19H19N3O3/c1-13-4-3-5-16-18(13)20-12-22(19(16)24)11-10-17(23)21-14-6-8-15(25-2)9-7-14/h3-9,12H,10-11H2,1-2H3,(H,21,23). The van der Waals surface area contributed by atoms with E-state index in [1.165, 1.54) is 10.9 Å². The van der Waals surface area contributed by atoms with Gasteiger partial charge in [0.25, 0.3) is 5.56 Å². The third kappa shape index (κ3) is 3.68. The molecule has 0 saturated heterocycles. The Morgan fingerprint density at radius 2 is 1.96 bits per heavy atom. The van der Waals surface area contributed by atoms with Crippen LogP contribution in [0.3, 0.4) is 0 Å². The first kappa shape index (κ1) is 16.7. The highest BCUT2D eigenvalue weighted by Gasteiger charge is 2.08. The van der Waals surface area contributed by atoms with Gasteiger partial charge in [0.1, 0.15) is 5.75 Å². The van der Waals surface area contributed by atoms with Crippen LogP contribution < -0.4 is 15.6 Å². The maximum absolute atomic E-state index is 12.5. The molecule has 25 heavy (non-hydrogen) atoms. The first-order valence-electron chi connectivity index (χ1n) is 7.97. The molecule has 1 N–H and O–H groups in total. The Bertz CT molecular complexity index is 962. The van der Waals surface area contributed by atoms with E-state index in [2.05, 4.69) is 10.3 Å². The molecule has 1 aromatic heterocycles. The van der Waals surface area contributed by atoms with Gasteiger partial charge >= 0.3 is 0 Å². The number of para-hydroxylation sites is 1. The van der Waals surface area contributed by atoms with E-state index >= 15 is 0 Å². The van der Waals surface area contributed by atoms with Crippen LogP contribution in [0.5, 0.6) is 5.75 Å². The Hall–Kier alpha value is -3.15. The zero-order valence-electron chi connectivity index (χ0n) is 14.2. The molecule has 128 valence electrons. The number of amides is 1. The van der Waals surface area contributed by atoms with E-state index in [-0.39, 0.29) is 24.4 Å². The number of fused-ring (bicyclic) bond motifs is 1. The summed E-state index contributed by atoms with van der Waals surface area (Å²) in [4.78, 5) is 28.9. The summed E-state index contributed by atoms with van der Waals surface area (Å²) in [5, 5.41) is 3.37. The first-order valence-corrected chi connectivity index (χ1v) is 7.97. The number of aromatic nitrogens is 2. The van der Waals surface area contributed by atoms with Gasteiger partial charge in [-0.2, -0.15) is 0 Å². The third-order valence-corrected chi connectivity index (χ3v) is 4.01. The van der Waals surface area contributed by atoms with Gasteiger partial charge < -0.3 is 10.1 Å². The predicted molar refractivity (Wildman–Crippen MR) is 97.0 cm³/mol. The highest BCUT2D eigenvalue weighted by molar-refractivity contribution is 5.90. The lowest BCUT2D eigenvalue weighted by Crippen LogP contribution is -2.23. The first-order chi connectivity index (χ1) is 12.1. The largest absolute Gasteiger partial charge is 0.497 e. The number of carbonyl (C=O) groups is 1. The van der Waals surface area contributed by atoms with E-state index in [0.717, 1.165) is 11.3 Å². The molecule has 2 aromatic carbocycles. The Morgan fingerprint density at radius 3 is 2.68 bits per heavy atom. The number of nitrogens with zero attached hydrogens (tertiary/aromatic N) is 2. The summed E-state index contributed by atoms with van der Waals surface area (Å²) in [5.41, 5.74) is 2.21. The lowest BCUT2D eigenvalue weighted by atomic mass is 10.1. The van der Waals surface area contributed by atoms with Gasteiger partial charge in [-0.25, -0.2) is 4.98 Å². The Kier molecular flexibility index (Phi) is 4.79. The number of nitrogens with one attached hydrogen (secondary N) is 1. The lowest BCUT2D eigenvalue weighted by molar-refractivity contribution is -0.116. The van der Waals surface area contributed by atoms with Crippen molar-refractivity contribution >= 4 is 22.5 Å². The fourth-order valence-corrected chi connectivity index (χ4v) is 2.62. The van der Waals surface area contributed by atoms with Gasteiger partial charge in [-0.15, -0.1) is 0 Å². The molecule has 0 atom stereocenters. The molecule has 3 aromatic rings. The van der Waals surface area contributed by atoms with Crippen LogP contribution in [0.1, 0.15) is 12.0 Å². The van der Waals surface area contributed by atoms with E-state index in [1.807, 2.05) is 19.1 Å². The number of rotatable bonds is 5. The van der Waals surface area contributed by atoms with Crippen molar-refractivity contribution in [2.24, 2.45) is 0 Å². The van der Waals surface area contributed by atoms with Crippen LogP contribution in [0.4, 0.5) is 5.69 Å². The smallest absolute Gasteiger partial charge is 0.261 e. The summed E-state index contributed by atoms with van der Waals surface area (Å²) >= 11 is 0. The molecular formula is C19H19N3O3. The van der Waals surface area contributed by atoms with Crippen molar-refractivity contribution in [2.75, 3.05) is 12.4 Å². The highest BCUT2D eigenvalue weighted by atomic mass is 16.5. The minimum absolute atomic E-state index is 0.133. The number of carbonyl (C=O) groups excluding carboxylic acids is 1. The van der Waals surface area contributed by atoms with Crippen LogP contribution in [0.25, 0.3) is 10.9 Å². The molecule has 0 radical (unpaired) electrons. The summed E-state index contributed by atoms with van der Waals surface area (Å²) in [5.74, 6) is 0.559. The van der Waals surface area contributed by atoms with Gasteiger partial charge in [0, 0.05) is 18.7 Å². The average Bonchev–Trinajstić information content (AvgIpc) is 2.62. The van der Waals surface area contributed by atoms with Crippen LogP contribution in [0.2, 0.25) is 0 Å². The maximum Gasteiger partial charge on any atom is 0.261 e.